The van der Waals surface area contributed by atoms with Gasteiger partial charge in [-0.2, -0.15) is 0 Å². The van der Waals surface area contributed by atoms with E-state index in [0.717, 1.165) is 4.90 Å². The maximum Gasteiger partial charge on any atom is 0.323 e. The van der Waals surface area contributed by atoms with Crippen LogP contribution in [-0.4, -0.2) is 57.4 Å². The van der Waals surface area contributed by atoms with Crippen LogP contribution in [0.4, 0.5) is 0 Å². The summed E-state index contributed by atoms with van der Waals surface area (Å²) in [6, 6.07) is 11.2. The van der Waals surface area contributed by atoms with Crippen LogP contribution in [0.1, 0.15) is 50.5 Å². The van der Waals surface area contributed by atoms with Crippen LogP contribution in [-0.2, 0) is 11.2 Å². The van der Waals surface area contributed by atoms with Gasteiger partial charge in [0.1, 0.15) is 17.9 Å². The third-order valence-corrected chi connectivity index (χ3v) is 4.69. The normalized spacial score (nSPS) is 13.4. The first-order valence-electron chi connectivity index (χ1n) is 9.29. The largest absolute Gasteiger partial charge is 0.493 e. The van der Waals surface area contributed by atoms with E-state index >= 15 is 0 Å². The molecule has 0 aliphatic carbocycles. The van der Waals surface area contributed by atoms with E-state index in [0.29, 0.717) is 23.3 Å². The first kappa shape index (κ1) is 21.2. The van der Waals surface area contributed by atoms with Crippen LogP contribution >= 0.6 is 0 Å². The number of hydrogen-bond acceptors (Lipinski definition) is 6. The molecule has 0 radical (unpaired) electrons. The number of imide groups is 1. The average Bonchev–Trinajstić information content (AvgIpc) is 2.92. The molecule has 1 aliphatic heterocycles. The molecule has 2 aromatic carbocycles. The number of carbonyl (C=O) groups is 4. The smallest absolute Gasteiger partial charge is 0.323 e. The van der Waals surface area contributed by atoms with E-state index in [1.54, 1.807) is 36.4 Å². The molecule has 0 atom stereocenters. The number of aliphatic hydroxyl groups is 1. The summed E-state index contributed by atoms with van der Waals surface area (Å²) in [6.07, 6.45) is 0.327. The monoisotopic (exact) mass is 411 g/mol. The molecule has 30 heavy (non-hydrogen) atoms. The summed E-state index contributed by atoms with van der Waals surface area (Å²) in [7, 11) is 0. The predicted molar refractivity (Wildman–Crippen MR) is 106 cm³/mol. The molecule has 2 amide bonds. The summed E-state index contributed by atoms with van der Waals surface area (Å²) in [5, 5.41) is 18.7. The molecule has 3 rings (SSSR count). The molecule has 156 valence electrons. The Labute approximate surface area is 172 Å². The zero-order chi connectivity index (χ0) is 22.1. The summed E-state index contributed by atoms with van der Waals surface area (Å²) in [5.74, 6) is -2.40. The number of aliphatic carboxylic acids is 1. The van der Waals surface area contributed by atoms with Crippen molar-refractivity contribution in [2.75, 3.05) is 13.2 Å². The van der Waals surface area contributed by atoms with Gasteiger partial charge in [-0.15, -0.1) is 0 Å². The molecule has 0 unspecified atom stereocenters. The van der Waals surface area contributed by atoms with Gasteiger partial charge in [0.05, 0.1) is 17.7 Å². The molecule has 0 saturated heterocycles. The number of carboxylic acid groups (broad SMARTS) is 1. The van der Waals surface area contributed by atoms with Crippen molar-refractivity contribution in [2.45, 2.75) is 25.9 Å². The van der Waals surface area contributed by atoms with Gasteiger partial charge >= 0.3 is 5.97 Å². The molecule has 0 bridgehead atoms. The molecule has 1 heterocycles. The Bertz CT molecular complexity index is 1020. The second kappa shape index (κ2) is 8.08. The Kier molecular flexibility index (Phi) is 5.71. The summed E-state index contributed by atoms with van der Waals surface area (Å²) in [5.41, 5.74) is -0.119. The number of hydrogen-bond donors (Lipinski definition) is 2. The van der Waals surface area contributed by atoms with Gasteiger partial charge in [-0.3, -0.25) is 24.1 Å². The number of benzene rings is 2. The predicted octanol–water partition coefficient (Wildman–Crippen LogP) is 1.94. The van der Waals surface area contributed by atoms with Crippen LogP contribution < -0.4 is 4.74 Å². The van der Waals surface area contributed by atoms with Crippen molar-refractivity contribution in [3.05, 3.63) is 64.7 Å². The summed E-state index contributed by atoms with van der Waals surface area (Å²) >= 11 is 0. The third kappa shape index (κ3) is 4.23. The van der Waals surface area contributed by atoms with Crippen molar-refractivity contribution in [1.29, 1.82) is 0 Å². The van der Waals surface area contributed by atoms with Crippen molar-refractivity contribution in [2.24, 2.45) is 0 Å². The van der Waals surface area contributed by atoms with Crippen molar-refractivity contribution < 1.29 is 34.1 Å². The van der Waals surface area contributed by atoms with Crippen LogP contribution in [0, 0.1) is 0 Å². The van der Waals surface area contributed by atoms with Gasteiger partial charge in [0, 0.05) is 12.0 Å². The second-order valence-corrected chi connectivity index (χ2v) is 7.44. The third-order valence-electron chi connectivity index (χ3n) is 4.69. The highest BCUT2D eigenvalue weighted by Crippen LogP contribution is 2.26. The maximum atomic E-state index is 12.5. The molecular weight excluding hydrogens is 390 g/mol. The standard InChI is InChI=1S/C22H21NO7/c1-22(2,29)19(26)14-6-8-15(9-7-14)30-11-10-13-4-3-5-16-18(13)21(28)23(20(16)27)12-17(24)25/h3-9,29H,10-12H2,1-2H3,(H,24,25). The SMILES string of the molecule is CC(C)(O)C(=O)c1ccc(OCCc2cccc3c2C(=O)N(CC(=O)O)C3=O)cc1. The van der Waals surface area contributed by atoms with Gasteiger partial charge in [0.2, 0.25) is 0 Å². The number of amides is 2. The van der Waals surface area contributed by atoms with Crippen LogP contribution in [0.3, 0.4) is 0 Å². The summed E-state index contributed by atoms with van der Waals surface area (Å²) < 4.78 is 5.67. The lowest BCUT2D eigenvalue weighted by Crippen LogP contribution is -2.34. The Morgan fingerprint density at radius 3 is 2.30 bits per heavy atom. The van der Waals surface area contributed by atoms with E-state index in [9.17, 15) is 24.3 Å². The lowest BCUT2D eigenvalue weighted by Gasteiger charge is -2.15. The van der Waals surface area contributed by atoms with E-state index in [4.69, 9.17) is 9.84 Å². The zero-order valence-corrected chi connectivity index (χ0v) is 16.5. The van der Waals surface area contributed by atoms with Crippen LogP contribution in [0.15, 0.2) is 42.5 Å². The molecule has 2 N–H and O–H groups in total. The number of ether oxygens (including phenoxy) is 1. The van der Waals surface area contributed by atoms with Crippen LogP contribution in [0.25, 0.3) is 0 Å². The molecule has 0 spiro atoms. The Balaban J connectivity index is 1.68. The highest BCUT2D eigenvalue weighted by Gasteiger charge is 2.38. The molecule has 2 aromatic rings. The first-order chi connectivity index (χ1) is 14.1. The highest BCUT2D eigenvalue weighted by atomic mass is 16.5. The number of nitrogens with zero attached hydrogens (tertiary/aromatic N) is 1. The number of ketones is 1. The molecule has 0 fully saturated rings. The zero-order valence-electron chi connectivity index (χ0n) is 16.5. The fourth-order valence-corrected chi connectivity index (χ4v) is 3.23. The molecular formula is C22H21NO7. The fourth-order valence-electron chi connectivity index (χ4n) is 3.23. The first-order valence-corrected chi connectivity index (χ1v) is 9.29. The second-order valence-electron chi connectivity index (χ2n) is 7.44. The van der Waals surface area contributed by atoms with Crippen molar-refractivity contribution in [1.82, 2.24) is 4.90 Å². The lowest BCUT2D eigenvalue weighted by atomic mass is 9.97. The van der Waals surface area contributed by atoms with Crippen molar-refractivity contribution in [3.8, 4) is 5.75 Å². The molecule has 8 heteroatoms. The van der Waals surface area contributed by atoms with Gasteiger partial charge in [0.25, 0.3) is 11.8 Å². The highest BCUT2D eigenvalue weighted by molar-refractivity contribution is 6.22. The Morgan fingerprint density at radius 2 is 1.70 bits per heavy atom. The molecule has 0 saturated carbocycles. The van der Waals surface area contributed by atoms with E-state index in [2.05, 4.69) is 0 Å². The number of carbonyl (C=O) groups excluding carboxylic acids is 3. The average molecular weight is 411 g/mol. The topological polar surface area (TPSA) is 121 Å². The lowest BCUT2D eigenvalue weighted by molar-refractivity contribution is -0.137. The minimum absolute atomic E-state index is 0.188. The number of Topliss-reactive ketones (excluding diaryl/α,β-unsaturated/α-hetero) is 1. The number of fused-ring (bicyclic) bond motifs is 1. The van der Waals surface area contributed by atoms with Gasteiger partial charge < -0.3 is 14.9 Å². The summed E-state index contributed by atoms with van der Waals surface area (Å²) in [4.78, 5) is 48.5. The maximum absolute atomic E-state index is 12.5. The van der Waals surface area contributed by atoms with Gasteiger partial charge in [-0.05, 0) is 49.7 Å². The quantitative estimate of drug-likeness (QED) is 0.503. The molecule has 8 nitrogen and oxygen atoms in total. The Hall–Kier alpha value is -3.52. The van der Waals surface area contributed by atoms with Crippen LogP contribution in [0.2, 0.25) is 0 Å². The van der Waals surface area contributed by atoms with Gasteiger partial charge in [-0.25, -0.2) is 0 Å². The van der Waals surface area contributed by atoms with E-state index < -0.39 is 35.7 Å². The molecule has 0 aromatic heterocycles. The minimum atomic E-state index is -1.46. The van der Waals surface area contributed by atoms with Gasteiger partial charge in [0.15, 0.2) is 5.78 Å². The number of rotatable bonds is 8. The van der Waals surface area contributed by atoms with Gasteiger partial charge in [-0.1, -0.05) is 12.1 Å². The number of carboxylic acids is 1. The van der Waals surface area contributed by atoms with Crippen molar-refractivity contribution >= 4 is 23.6 Å². The fraction of sp³-hybridized carbons (Fsp3) is 0.273. The summed E-state index contributed by atoms with van der Waals surface area (Å²) in [6.45, 7) is 2.36. The van der Waals surface area contributed by atoms with E-state index in [1.165, 1.54) is 19.9 Å². The Morgan fingerprint density at radius 1 is 1.03 bits per heavy atom. The van der Waals surface area contributed by atoms with E-state index in [-0.39, 0.29) is 17.7 Å². The van der Waals surface area contributed by atoms with Crippen molar-refractivity contribution in [3.63, 3.8) is 0 Å². The minimum Gasteiger partial charge on any atom is -0.493 e. The van der Waals surface area contributed by atoms with E-state index in [1.807, 2.05) is 0 Å². The molecule has 1 aliphatic rings. The van der Waals surface area contributed by atoms with Crippen LogP contribution in [0.5, 0.6) is 5.75 Å².